The molecule has 0 aliphatic heterocycles. The van der Waals surface area contributed by atoms with Crippen LogP contribution in [0.4, 0.5) is 0 Å². The molecule has 0 bridgehead atoms. The molecule has 0 saturated carbocycles. The van der Waals surface area contributed by atoms with Crippen LogP contribution >= 0.6 is 0 Å². The van der Waals surface area contributed by atoms with E-state index < -0.39 is 0 Å². The second-order valence-electron chi connectivity index (χ2n) is 2.64. The van der Waals surface area contributed by atoms with Gasteiger partial charge < -0.3 is 4.74 Å². The first kappa shape index (κ1) is 10.3. The first-order valence-electron chi connectivity index (χ1n) is 3.84. The molecular formula is C11H9OW+. The van der Waals surface area contributed by atoms with Gasteiger partial charge in [-0.15, -0.1) is 16.8 Å². The van der Waals surface area contributed by atoms with Crippen LogP contribution in [0.2, 0.25) is 0 Å². The second kappa shape index (κ2) is 4.43. The molecule has 2 aromatic carbocycles. The van der Waals surface area contributed by atoms with E-state index in [1.807, 2.05) is 36.4 Å². The average molecular weight is 341 g/mol. The third kappa shape index (κ3) is 2.10. The third-order valence-electron chi connectivity index (χ3n) is 1.89. The summed E-state index contributed by atoms with van der Waals surface area (Å²) >= 11 is 0. The van der Waals surface area contributed by atoms with Crippen LogP contribution < -0.4 is 4.74 Å². The molecule has 2 heteroatoms. The molecule has 13 heavy (non-hydrogen) atoms. The topological polar surface area (TPSA) is 9.23 Å². The van der Waals surface area contributed by atoms with Gasteiger partial charge in [0, 0.05) is 0 Å². The molecule has 64 valence electrons. The molecule has 0 aliphatic rings. The fourth-order valence-corrected chi connectivity index (χ4v) is 1.23. The maximum Gasteiger partial charge on any atom is 2.00 e. The molecule has 2 rings (SSSR count). The molecule has 0 radical (unpaired) electrons. The molecule has 0 atom stereocenters. The van der Waals surface area contributed by atoms with Crippen molar-refractivity contribution in [3.63, 3.8) is 0 Å². The number of hydrogen-bond donors (Lipinski definition) is 0. The first-order chi connectivity index (χ1) is 5.90. The van der Waals surface area contributed by atoms with Crippen molar-refractivity contribution in [1.82, 2.24) is 0 Å². The summed E-state index contributed by atoms with van der Waals surface area (Å²) in [7, 11) is 1.68. The quantitative estimate of drug-likeness (QED) is 0.725. The Morgan fingerprint density at radius 1 is 1.15 bits per heavy atom. The molecule has 0 heterocycles. The minimum absolute atomic E-state index is 0. The fraction of sp³-hybridized carbons (Fsp3) is 0.0909. The van der Waals surface area contributed by atoms with E-state index in [-0.39, 0.29) is 21.1 Å². The van der Waals surface area contributed by atoms with Crippen LogP contribution in [0, 0.1) is 6.07 Å². The number of fused-ring (bicyclic) bond motifs is 1. The van der Waals surface area contributed by atoms with Crippen molar-refractivity contribution in [3.8, 4) is 5.75 Å². The maximum absolute atomic E-state index is 5.11. The Morgan fingerprint density at radius 2 is 2.00 bits per heavy atom. The minimum atomic E-state index is 0. The molecule has 0 aliphatic carbocycles. The number of rotatable bonds is 1. The van der Waals surface area contributed by atoms with Crippen LogP contribution in [0.1, 0.15) is 0 Å². The van der Waals surface area contributed by atoms with E-state index in [2.05, 4.69) is 6.07 Å². The number of methoxy groups -OCH3 is 1. The zero-order valence-corrected chi connectivity index (χ0v) is 10.2. The summed E-state index contributed by atoms with van der Waals surface area (Å²) in [4.78, 5) is 0. The monoisotopic (exact) mass is 341 g/mol. The Bertz CT molecular complexity index is 398. The third-order valence-corrected chi connectivity index (χ3v) is 1.89. The van der Waals surface area contributed by atoms with Crippen LogP contribution in [0.25, 0.3) is 10.8 Å². The summed E-state index contributed by atoms with van der Waals surface area (Å²) in [5.41, 5.74) is 0. The number of ether oxygens (including phenoxy) is 1. The van der Waals surface area contributed by atoms with Crippen molar-refractivity contribution in [2.24, 2.45) is 0 Å². The van der Waals surface area contributed by atoms with Gasteiger partial charge in [0.05, 0.1) is 7.11 Å². The van der Waals surface area contributed by atoms with E-state index in [0.29, 0.717) is 0 Å². The van der Waals surface area contributed by atoms with Crippen molar-refractivity contribution < 1.29 is 25.8 Å². The van der Waals surface area contributed by atoms with Gasteiger partial charge in [0.25, 0.3) is 0 Å². The maximum atomic E-state index is 5.11. The zero-order chi connectivity index (χ0) is 8.39. The van der Waals surface area contributed by atoms with E-state index in [9.17, 15) is 0 Å². The van der Waals surface area contributed by atoms with Gasteiger partial charge in [-0.2, -0.15) is 24.3 Å². The number of benzene rings is 2. The normalized spacial score (nSPS) is 9.31. The smallest absolute Gasteiger partial charge is 0.497 e. The van der Waals surface area contributed by atoms with E-state index in [1.165, 1.54) is 10.8 Å². The molecule has 0 N–H and O–H groups in total. The fourth-order valence-electron chi connectivity index (χ4n) is 1.23. The summed E-state index contributed by atoms with van der Waals surface area (Å²) in [6.07, 6.45) is 0. The van der Waals surface area contributed by atoms with Crippen LogP contribution in [-0.2, 0) is 21.1 Å². The molecule has 0 saturated heterocycles. The Hall–Kier alpha value is -0.812. The van der Waals surface area contributed by atoms with Gasteiger partial charge in [-0.25, -0.2) is 0 Å². The van der Waals surface area contributed by atoms with Crippen LogP contribution in [0.3, 0.4) is 0 Å². The van der Waals surface area contributed by atoms with E-state index in [0.717, 1.165) is 5.75 Å². The molecule has 0 unspecified atom stereocenters. The van der Waals surface area contributed by atoms with Crippen molar-refractivity contribution in [1.29, 1.82) is 0 Å². The van der Waals surface area contributed by atoms with Gasteiger partial charge in [-0.05, 0) is 12.1 Å². The van der Waals surface area contributed by atoms with E-state index in [1.54, 1.807) is 7.11 Å². The first-order valence-corrected chi connectivity index (χ1v) is 3.84. The van der Waals surface area contributed by atoms with E-state index >= 15 is 0 Å². The van der Waals surface area contributed by atoms with E-state index in [4.69, 9.17) is 4.74 Å². The predicted molar refractivity (Wildman–Crippen MR) is 49.3 cm³/mol. The van der Waals surface area contributed by atoms with Gasteiger partial charge in [0.2, 0.25) is 0 Å². The molecule has 0 amide bonds. The minimum Gasteiger partial charge on any atom is -0.497 e. The van der Waals surface area contributed by atoms with Gasteiger partial charge >= 0.3 is 21.1 Å². The zero-order valence-electron chi connectivity index (χ0n) is 7.28. The summed E-state index contributed by atoms with van der Waals surface area (Å²) < 4.78 is 5.11. The van der Waals surface area contributed by atoms with Crippen LogP contribution in [0.5, 0.6) is 5.75 Å². The summed E-state index contributed by atoms with van der Waals surface area (Å²) in [6.45, 7) is 0. The molecular weight excluding hydrogens is 332 g/mol. The molecule has 0 spiro atoms. The van der Waals surface area contributed by atoms with Crippen molar-refractivity contribution in [3.05, 3.63) is 42.5 Å². The summed E-state index contributed by atoms with van der Waals surface area (Å²) in [6, 6.07) is 14.9. The average Bonchev–Trinajstić information content (AvgIpc) is 2.17. The van der Waals surface area contributed by atoms with Gasteiger partial charge in [0.1, 0.15) is 5.75 Å². The Kier molecular flexibility index (Phi) is 3.50. The largest absolute Gasteiger partial charge is 2.00 e. The standard InChI is InChI=1S/C11H9O.W/c1-12-11-7-6-9-4-2-3-5-10(9)8-11;/h3-8H,1H3;/q-1;+2. The molecule has 2 aromatic rings. The Balaban J connectivity index is 0.000000845. The predicted octanol–water partition coefficient (Wildman–Crippen LogP) is 2.65. The van der Waals surface area contributed by atoms with Crippen LogP contribution in [-0.4, -0.2) is 7.11 Å². The van der Waals surface area contributed by atoms with Crippen molar-refractivity contribution in [2.45, 2.75) is 0 Å². The Morgan fingerprint density at radius 3 is 2.77 bits per heavy atom. The molecule has 1 nitrogen and oxygen atoms in total. The summed E-state index contributed by atoms with van der Waals surface area (Å²) in [5.74, 6) is 0.897. The van der Waals surface area contributed by atoms with Gasteiger partial charge in [-0.3, -0.25) is 0 Å². The van der Waals surface area contributed by atoms with Crippen molar-refractivity contribution in [2.75, 3.05) is 7.11 Å². The van der Waals surface area contributed by atoms with Gasteiger partial charge in [0.15, 0.2) is 0 Å². The van der Waals surface area contributed by atoms with Gasteiger partial charge in [-0.1, -0.05) is 0 Å². The van der Waals surface area contributed by atoms with Crippen LogP contribution in [0.15, 0.2) is 36.4 Å². The molecule has 0 fully saturated rings. The van der Waals surface area contributed by atoms with Crippen molar-refractivity contribution >= 4 is 10.8 Å². The second-order valence-corrected chi connectivity index (χ2v) is 2.64. The summed E-state index contributed by atoms with van der Waals surface area (Å²) in [5, 5.41) is 2.38. The number of hydrogen-bond acceptors (Lipinski definition) is 1. The SMILES string of the molecule is COc1ccc2c[c-]ccc2c1.[W+2]. The molecule has 0 aromatic heterocycles. The Labute approximate surface area is 92.0 Å².